The van der Waals surface area contributed by atoms with Gasteiger partial charge in [0.15, 0.2) is 0 Å². The molecule has 5 nitrogen and oxygen atoms in total. The number of nitrogens with zero attached hydrogens (tertiary/aromatic N) is 2. The third-order valence-corrected chi connectivity index (χ3v) is 6.92. The van der Waals surface area contributed by atoms with E-state index in [1.165, 1.54) is 25.1 Å². The Kier molecular flexibility index (Phi) is 8.29. The molecule has 0 aliphatic carbocycles. The molecule has 0 atom stereocenters. The Morgan fingerprint density at radius 3 is 2.41 bits per heavy atom. The minimum atomic E-state index is -0.287. The minimum Gasteiger partial charge on any atom is -0.469 e. The summed E-state index contributed by atoms with van der Waals surface area (Å²) in [6.07, 6.45) is 1.44. The first kappa shape index (κ1) is 26.1. The zero-order valence-corrected chi connectivity index (χ0v) is 21.9. The maximum Gasteiger partial charge on any atom is 0.306 e. The van der Waals surface area contributed by atoms with E-state index < -0.39 is 0 Å². The number of carbonyl (C=O) groups is 2. The highest BCUT2D eigenvalue weighted by molar-refractivity contribution is 8.01. The van der Waals surface area contributed by atoms with Gasteiger partial charge in [-0.25, -0.2) is 4.39 Å². The summed E-state index contributed by atoms with van der Waals surface area (Å²) in [6, 6.07) is 9.27. The van der Waals surface area contributed by atoms with Crippen molar-refractivity contribution in [2.75, 3.05) is 28.6 Å². The van der Waals surface area contributed by atoms with Crippen LogP contribution in [0.2, 0.25) is 0 Å². The predicted molar refractivity (Wildman–Crippen MR) is 138 cm³/mol. The Bertz CT molecular complexity index is 1040. The fourth-order valence-corrected chi connectivity index (χ4v) is 5.35. The van der Waals surface area contributed by atoms with Crippen molar-refractivity contribution in [3.8, 4) is 0 Å². The number of hydrogen-bond acceptors (Lipinski definition) is 5. The molecule has 0 bridgehead atoms. The van der Waals surface area contributed by atoms with Gasteiger partial charge in [0, 0.05) is 31.0 Å². The molecule has 0 radical (unpaired) electrons. The van der Waals surface area contributed by atoms with Gasteiger partial charge in [-0.3, -0.25) is 13.9 Å². The van der Waals surface area contributed by atoms with E-state index in [0.29, 0.717) is 12.2 Å². The van der Waals surface area contributed by atoms with Crippen LogP contribution in [0, 0.1) is 25.1 Å². The number of amides is 1. The molecular formula is C27H35FN2O3S. The maximum absolute atomic E-state index is 13.6. The summed E-state index contributed by atoms with van der Waals surface area (Å²) in [5, 5.41) is 0. The number of esters is 1. The molecule has 0 fully saturated rings. The standard InChI is InChI=1S/C27H35FN2O3S/c1-18-13-23(29-11-9-20-15-22(28)8-7-21(20)17-29)14-19(2)26(18)30(24(31)16-27(3,4)5)34-12-10-25(32)33-6/h7-8,13-15H,9-12,16-17H2,1-6H3. The molecule has 1 heterocycles. The van der Waals surface area contributed by atoms with Crippen LogP contribution in [0.3, 0.4) is 0 Å². The van der Waals surface area contributed by atoms with E-state index in [4.69, 9.17) is 4.74 Å². The zero-order valence-electron chi connectivity index (χ0n) is 21.0. The molecule has 1 aliphatic heterocycles. The second kappa shape index (κ2) is 10.8. The van der Waals surface area contributed by atoms with E-state index in [9.17, 15) is 14.0 Å². The molecule has 0 saturated heterocycles. The van der Waals surface area contributed by atoms with Crippen LogP contribution in [0.15, 0.2) is 30.3 Å². The van der Waals surface area contributed by atoms with Crippen molar-refractivity contribution in [2.24, 2.45) is 5.41 Å². The molecule has 0 unspecified atom stereocenters. The fraction of sp³-hybridized carbons (Fsp3) is 0.481. The normalized spacial score (nSPS) is 13.4. The van der Waals surface area contributed by atoms with E-state index in [1.807, 2.05) is 40.7 Å². The number of halogens is 1. The molecule has 2 aromatic rings. The van der Waals surface area contributed by atoms with Gasteiger partial charge in [-0.05, 0) is 84.2 Å². The van der Waals surface area contributed by atoms with Crippen LogP contribution in [-0.2, 0) is 27.3 Å². The Hall–Kier alpha value is -2.54. The quantitative estimate of drug-likeness (QED) is 0.356. The number of hydrogen-bond donors (Lipinski definition) is 0. The Morgan fingerprint density at radius 1 is 1.12 bits per heavy atom. The molecule has 1 aliphatic rings. The van der Waals surface area contributed by atoms with Gasteiger partial charge in [0.1, 0.15) is 5.82 Å². The lowest BCUT2D eigenvalue weighted by molar-refractivity contribution is -0.140. The van der Waals surface area contributed by atoms with Crippen LogP contribution < -0.4 is 9.21 Å². The summed E-state index contributed by atoms with van der Waals surface area (Å²) < 4.78 is 20.1. The van der Waals surface area contributed by atoms with Gasteiger partial charge >= 0.3 is 5.97 Å². The molecule has 0 spiro atoms. The summed E-state index contributed by atoms with van der Waals surface area (Å²) in [6.45, 7) is 11.7. The minimum absolute atomic E-state index is 0.0234. The molecule has 34 heavy (non-hydrogen) atoms. The van der Waals surface area contributed by atoms with E-state index in [0.717, 1.165) is 53.1 Å². The number of aryl methyl sites for hydroxylation is 2. The summed E-state index contributed by atoms with van der Waals surface area (Å²) in [4.78, 5) is 27.2. The van der Waals surface area contributed by atoms with Gasteiger partial charge in [-0.2, -0.15) is 0 Å². The monoisotopic (exact) mass is 486 g/mol. The number of carbonyl (C=O) groups excluding carboxylic acids is 2. The molecule has 0 aromatic heterocycles. The van der Waals surface area contributed by atoms with Gasteiger partial charge in [-0.1, -0.05) is 26.8 Å². The summed E-state index contributed by atoms with van der Waals surface area (Å²) in [5.74, 6) is 0.0100. The second-order valence-corrected chi connectivity index (χ2v) is 11.1. The van der Waals surface area contributed by atoms with Crippen molar-refractivity contribution >= 4 is 35.2 Å². The second-order valence-electron chi connectivity index (χ2n) is 10.1. The van der Waals surface area contributed by atoms with Gasteiger partial charge < -0.3 is 9.64 Å². The highest BCUT2D eigenvalue weighted by Crippen LogP contribution is 2.37. The van der Waals surface area contributed by atoms with Crippen LogP contribution in [0.4, 0.5) is 15.8 Å². The molecule has 0 saturated carbocycles. The molecule has 0 N–H and O–H groups in total. The van der Waals surface area contributed by atoms with Crippen molar-refractivity contribution in [1.82, 2.24) is 0 Å². The Labute approximate surface area is 206 Å². The summed E-state index contributed by atoms with van der Waals surface area (Å²) in [7, 11) is 1.37. The Morgan fingerprint density at radius 2 is 1.79 bits per heavy atom. The van der Waals surface area contributed by atoms with Crippen LogP contribution in [0.25, 0.3) is 0 Å². The van der Waals surface area contributed by atoms with E-state index in [-0.39, 0.29) is 29.5 Å². The fourth-order valence-electron chi connectivity index (χ4n) is 4.29. The smallest absolute Gasteiger partial charge is 0.306 e. The SMILES string of the molecule is COC(=O)CCSN(C(=O)CC(C)(C)C)c1c(C)cc(N2CCc3cc(F)ccc3C2)cc1C. The molecule has 1 amide bonds. The summed E-state index contributed by atoms with van der Waals surface area (Å²) >= 11 is 1.36. The largest absolute Gasteiger partial charge is 0.469 e. The van der Waals surface area contributed by atoms with Crippen molar-refractivity contribution in [3.05, 3.63) is 58.4 Å². The number of anilines is 2. The number of rotatable bonds is 7. The maximum atomic E-state index is 13.6. The first-order valence-electron chi connectivity index (χ1n) is 11.6. The average Bonchev–Trinajstić information content (AvgIpc) is 2.75. The molecule has 184 valence electrons. The van der Waals surface area contributed by atoms with Gasteiger partial charge in [0.2, 0.25) is 5.91 Å². The number of benzene rings is 2. The third-order valence-electron chi connectivity index (χ3n) is 5.89. The van der Waals surface area contributed by atoms with E-state index in [1.54, 1.807) is 10.4 Å². The van der Waals surface area contributed by atoms with Crippen LogP contribution in [-0.4, -0.2) is 31.3 Å². The average molecular weight is 487 g/mol. The van der Waals surface area contributed by atoms with E-state index >= 15 is 0 Å². The number of fused-ring (bicyclic) bond motifs is 1. The van der Waals surface area contributed by atoms with Crippen LogP contribution >= 0.6 is 11.9 Å². The first-order chi connectivity index (χ1) is 16.0. The lowest BCUT2D eigenvalue weighted by Gasteiger charge is -2.33. The summed E-state index contributed by atoms with van der Waals surface area (Å²) in [5.41, 5.74) is 6.06. The lowest BCUT2D eigenvalue weighted by atomic mass is 9.91. The van der Waals surface area contributed by atoms with Gasteiger partial charge in [0.05, 0.1) is 19.2 Å². The Balaban J connectivity index is 1.87. The van der Waals surface area contributed by atoms with Crippen molar-refractivity contribution in [1.29, 1.82) is 0 Å². The number of ether oxygens (including phenoxy) is 1. The molecule has 3 rings (SSSR count). The molecule has 2 aromatic carbocycles. The first-order valence-corrected chi connectivity index (χ1v) is 12.6. The predicted octanol–water partition coefficient (Wildman–Crippen LogP) is 5.99. The zero-order chi connectivity index (χ0) is 25.0. The lowest BCUT2D eigenvalue weighted by Crippen LogP contribution is -2.31. The molecule has 7 heteroatoms. The van der Waals surface area contributed by atoms with Crippen molar-refractivity contribution in [3.63, 3.8) is 0 Å². The van der Waals surface area contributed by atoms with Crippen LogP contribution in [0.1, 0.15) is 55.9 Å². The van der Waals surface area contributed by atoms with Crippen molar-refractivity contribution < 1.29 is 18.7 Å². The molecular weight excluding hydrogens is 451 g/mol. The topological polar surface area (TPSA) is 49.9 Å². The highest BCUT2D eigenvalue weighted by atomic mass is 32.2. The van der Waals surface area contributed by atoms with Gasteiger partial charge in [-0.15, -0.1) is 0 Å². The van der Waals surface area contributed by atoms with E-state index in [2.05, 4.69) is 17.0 Å². The van der Waals surface area contributed by atoms with Crippen molar-refractivity contribution in [2.45, 2.75) is 60.4 Å². The van der Waals surface area contributed by atoms with Gasteiger partial charge in [0.25, 0.3) is 0 Å². The third kappa shape index (κ3) is 6.53. The highest BCUT2D eigenvalue weighted by Gasteiger charge is 2.27. The van der Waals surface area contributed by atoms with Crippen LogP contribution in [0.5, 0.6) is 0 Å². The number of methoxy groups -OCH3 is 1.